The number of hydrogen-bond donors (Lipinski definition) is 0. The Morgan fingerprint density at radius 1 is 0.500 bits per heavy atom. The third-order valence-electron chi connectivity index (χ3n) is 4.46. The molecule has 0 aromatic heterocycles. The fraction of sp³-hybridized carbons (Fsp3) is 1.00. The molecule has 0 radical (unpaired) electrons. The van der Waals surface area contributed by atoms with E-state index in [9.17, 15) is 0 Å². The highest BCUT2D eigenvalue weighted by Gasteiger charge is 2.54. The first kappa shape index (κ1) is 7.49. The van der Waals surface area contributed by atoms with Crippen molar-refractivity contribution in [3.05, 3.63) is 0 Å². The summed E-state index contributed by atoms with van der Waals surface area (Å²) in [5.74, 6) is 1.39. The van der Waals surface area contributed by atoms with Crippen molar-refractivity contribution in [1.82, 2.24) is 0 Å². The first-order valence-electron chi connectivity index (χ1n) is 5.73. The summed E-state index contributed by atoms with van der Waals surface area (Å²) in [6, 6.07) is 2.10. The highest BCUT2D eigenvalue weighted by Crippen LogP contribution is 2.50. The number of hydrogen-bond acceptors (Lipinski definition) is 4. The zero-order valence-electron chi connectivity index (χ0n) is 8.08. The summed E-state index contributed by atoms with van der Waals surface area (Å²) in [7, 11) is 0. The number of fused-ring (bicyclic) bond motifs is 5. The van der Waals surface area contributed by atoms with Gasteiger partial charge in [0.05, 0.1) is 24.2 Å². The molecule has 0 spiro atoms. The van der Waals surface area contributed by atoms with Crippen LogP contribution in [-0.2, 0) is 0 Å². The largest absolute Gasteiger partial charge is 0.190 e. The Morgan fingerprint density at radius 2 is 0.786 bits per heavy atom. The molecule has 0 aromatic carbocycles. The van der Waals surface area contributed by atoms with Gasteiger partial charge in [0, 0.05) is 11.8 Å². The van der Waals surface area contributed by atoms with Gasteiger partial charge in [-0.15, -0.1) is 0 Å². The van der Waals surface area contributed by atoms with Crippen LogP contribution >= 0.6 is 0 Å². The smallest absolute Gasteiger partial charge is 0.0762 e. The lowest BCUT2D eigenvalue weighted by Crippen LogP contribution is -2.32. The van der Waals surface area contributed by atoms with Gasteiger partial charge in [0.1, 0.15) is 0 Å². The average molecular weight is 190 g/mol. The molecule has 2 aliphatic heterocycles. The van der Waals surface area contributed by atoms with Crippen LogP contribution in [-0.4, -0.2) is 24.2 Å². The minimum Gasteiger partial charge on any atom is -0.190 e. The Morgan fingerprint density at radius 3 is 1.00 bits per heavy atom. The Hall–Kier alpha value is -0.800. The van der Waals surface area contributed by atoms with Crippen molar-refractivity contribution in [3.63, 3.8) is 0 Å². The van der Waals surface area contributed by atoms with Crippen molar-refractivity contribution in [1.29, 1.82) is 0 Å². The van der Waals surface area contributed by atoms with Gasteiger partial charge < -0.3 is 0 Å². The summed E-state index contributed by atoms with van der Waals surface area (Å²) in [5, 5.41) is 17.5. The standard InChI is InChI=1S/C10H14N4/c1-2-6-9(5(1)11-12-6)10-7-3-4-8(10)14-13-7/h5-10H,1-4H2/t5-,6-,7-,8+,10?/m0/s1. The predicted molar refractivity (Wildman–Crippen MR) is 50.3 cm³/mol. The molecule has 2 saturated carbocycles. The average Bonchev–Trinajstić information content (AvgIpc) is 2.92. The first-order valence-corrected chi connectivity index (χ1v) is 5.73. The third-order valence-corrected chi connectivity index (χ3v) is 4.46. The maximum Gasteiger partial charge on any atom is 0.0762 e. The second-order valence-electron chi connectivity index (χ2n) is 5.04. The lowest BCUT2D eigenvalue weighted by Gasteiger charge is -2.22. The summed E-state index contributed by atoms with van der Waals surface area (Å²) < 4.78 is 0. The predicted octanol–water partition coefficient (Wildman–Crippen LogP) is 2.21. The highest BCUT2D eigenvalue weighted by atomic mass is 15.3. The molecule has 74 valence electrons. The molecule has 0 saturated heterocycles. The molecule has 1 unspecified atom stereocenters. The fourth-order valence-corrected chi connectivity index (χ4v) is 3.87. The second kappa shape index (κ2) is 2.41. The molecule has 4 rings (SSSR count). The summed E-state index contributed by atoms with van der Waals surface area (Å²) in [5.41, 5.74) is 0. The molecule has 2 heterocycles. The Bertz CT molecular complexity index is 264. The topological polar surface area (TPSA) is 49.4 Å². The van der Waals surface area contributed by atoms with E-state index in [0.29, 0.717) is 36.0 Å². The van der Waals surface area contributed by atoms with Crippen molar-refractivity contribution in [2.75, 3.05) is 0 Å². The molecule has 4 aliphatic rings. The van der Waals surface area contributed by atoms with E-state index in [1.54, 1.807) is 0 Å². The normalized spacial score (nSPS) is 57.7. The van der Waals surface area contributed by atoms with Crippen LogP contribution in [0.5, 0.6) is 0 Å². The van der Waals surface area contributed by atoms with E-state index >= 15 is 0 Å². The van der Waals surface area contributed by atoms with Crippen molar-refractivity contribution >= 4 is 0 Å². The molecule has 0 amide bonds. The maximum absolute atomic E-state index is 4.37. The molecule has 2 fully saturated rings. The summed E-state index contributed by atoms with van der Waals surface area (Å²) in [6.07, 6.45) is 5.03. The molecule has 4 nitrogen and oxygen atoms in total. The quantitative estimate of drug-likeness (QED) is 0.608. The molecule has 4 heteroatoms. The lowest BCUT2D eigenvalue weighted by atomic mass is 9.82. The minimum absolute atomic E-state index is 0.525. The molecule has 14 heavy (non-hydrogen) atoms. The maximum atomic E-state index is 4.37. The van der Waals surface area contributed by atoms with Crippen LogP contribution in [0.4, 0.5) is 0 Å². The van der Waals surface area contributed by atoms with E-state index < -0.39 is 0 Å². The monoisotopic (exact) mass is 190 g/mol. The van der Waals surface area contributed by atoms with Gasteiger partial charge in [0.15, 0.2) is 0 Å². The van der Waals surface area contributed by atoms with E-state index in [1.165, 1.54) is 25.7 Å². The summed E-state index contributed by atoms with van der Waals surface area (Å²) in [6.45, 7) is 0. The number of rotatable bonds is 1. The van der Waals surface area contributed by atoms with Crippen LogP contribution in [0.25, 0.3) is 0 Å². The number of nitrogens with zero attached hydrogens (tertiary/aromatic N) is 4. The van der Waals surface area contributed by atoms with Crippen molar-refractivity contribution < 1.29 is 0 Å². The Kier molecular flexibility index (Phi) is 1.29. The molecule has 0 N–H and O–H groups in total. The molecule has 5 atom stereocenters. The van der Waals surface area contributed by atoms with Crippen LogP contribution < -0.4 is 0 Å². The Balaban J connectivity index is 1.66. The molecule has 4 bridgehead atoms. The SMILES string of the molecule is C1C[C@@H]2N=N[C@@H]1C2C1[C@@H]2CC[C@H]1N=N2. The van der Waals surface area contributed by atoms with Gasteiger partial charge in [-0.2, -0.15) is 20.5 Å². The van der Waals surface area contributed by atoms with E-state index in [-0.39, 0.29) is 0 Å². The van der Waals surface area contributed by atoms with Gasteiger partial charge in [-0.05, 0) is 25.7 Å². The summed E-state index contributed by atoms with van der Waals surface area (Å²) in [4.78, 5) is 0. The van der Waals surface area contributed by atoms with Gasteiger partial charge >= 0.3 is 0 Å². The van der Waals surface area contributed by atoms with Crippen molar-refractivity contribution in [3.8, 4) is 0 Å². The second-order valence-corrected chi connectivity index (χ2v) is 5.04. The van der Waals surface area contributed by atoms with Gasteiger partial charge in [-0.25, -0.2) is 0 Å². The molecular formula is C10H14N4. The van der Waals surface area contributed by atoms with E-state index in [4.69, 9.17) is 0 Å². The van der Waals surface area contributed by atoms with Crippen LogP contribution in [0.1, 0.15) is 25.7 Å². The first-order chi connectivity index (χ1) is 6.93. The third kappa shape index (κ3) is 0.758. The van der Waals surface area contributed by atoms with Gasteiger partial charge in [0.25, 0.3) is 0 Å². The van der Waals surface area contributed by atoms with Crippen LogP contribution in [0.15, 0.2) is 20.5 Å². The van der Waals surface area contributed by atoms with E-state index in [2.05, 4.69) is 20.5 Å². The van der Waals surface area contributed by atoms with E-state index in [1.807, 2.05) is 0 Å². The van der Waals surface area contributed by atoms with Gasteiger partial charge in [-0.1, -0.05) is 0 Å². The van der Waals surface area contributed by atoms with Gasteiger partial charge in [-0.3, -0.25) is 0 Å². The van der Waals surface area contributed by atoms with Crippen molar-refractivity contribution in [2.24, 2.45) is 32.3 Å². The van der Waals surface area contributed by atoms with Crippen LogP contribution in [0.3, 0.4) is 0 Å². The zero-order valence-corrected chi connectivity index (χ0v) is 8.08. The molecular weight excluding hydrogens is 176 g/mol. The van der Waals surface area contributed by atoms with Gasteiger partial charge in [0.2, 0.25) is 0 Å². The van der Waals surface area contributed by atoms with E-state index in [0.717, 1.165) is 0 Å². The Labute approximate surface area is 82.9 Å². The lowest BCUT2D eigenvalue weighted by molar-refractivity contribution is 0.302. The zero-order chi connectivity index (χ0) is 9.12. The molecule has 0 aromatic rings. The highest BCUT2D eigenvalue weighted by molar-refractivity contribution is 5.09. The minimum atomic E-state index is 0.525. The fourth-order valence-electron chi connectivity index (χ4n) is 3.87. The van der Waals surface area contributed by atoms with Crippen LogP contribution in [0.2, 0.25) is 0 Å². The summed E-state index contributed by atoms with van der Waals surface area (Å²) >= 11 is 0. The van der Waals surface area contributed by atoms with Crippen molar-refractivity contribution in [2.45, 2.75) is 49.9 Å². The number of azo groups is 2. The molecule has 2 aliphatic carbocycles. The van der Waals surface area contributed by atoms with Crippen LogP contribution in [0, 0.1) is 11.8 Å².